The minimum Gasteiger partial charge on any atom is -0.339 e. The van der Waals surface area contributed by atoms with Crippen molar-refractivity contribution in [3.63, 3.8) is 0 Å². The van der Waals surface area contributed by atoms with Gasteiger partial charge in [-0.1, -0.05) is 0 Å². The van der Waals surface area contributed by atoms with Gasteiger partial charge >= 0.3 is 12.4 Å². The molecule has 4 nitrogen and oxygen atoms in total. The van der Waals surface area contributed by atoms with Crippen LogP contribution >= 0.6 is 0 Å². The molecule has 0 bridgehead atoms. The standard InChI is InChI=1S/C10H15F6N3O/c11-9(12,13)6-17-5-8(20)19-3-1-18(2-4-19)7-10(14,15)16/h17H,1-7H2. The SMILES string of the molecule is O=C(CNCC(F)(F)F)N1CCN(CC(F)(F)F)CC1. The third kappa shape index (κ3) is 6.94. The van der Waals surface area contributed by atoms with Crippen LogP contribution in [-0.4, -0.2) is 73.9 Å². The molecule has 1 saturated heterocycles. The first kappa shape index (κ1) is 17.0. The van der Waals surface area contributed by atoms with E-state index in [1.807, 2.05) is 5.32 Å². The number of hydrogen-bond donors (Lipinski definition) is 1. The molecule has 20 heavy (non-hydrogen) atoms. The lowest BCUT2D eigenvalue weighted by Gasteiger charge is -2.35. The minimum absolute atomic E-state index is 0.0600. The van der Waals surface area contributed by atoms with Crippen LogP contribution in [0.15, 0.2) is 0 Å². The maximum atomic E-state index is 12.1. The van der Waals surface area contributed by atoms with Gasteiger partial charge in [-0.2, -0.15) is 26.3 Å². The maximum absolute atomic E-state index is 12.1. The van der Waals surface area contributed by atoms with Gasteiger partial charge in [0.25, 0.3) is 0 Å². The highest BCUT2D eigenvalue weighted by atomic mass is 19.4. The number of amides is 1. The molecule has 0 saturated carbocycles. The van der Waals surface area contributed by atoms with E-state index in [1.165, 1.54) is 4.90 Å². The van der Waals surface area contributed by atoms with Crippen LogP contribution in [0.4, 0.5) is 26.3 Å². The summed E-state index contributed by atoms with van der Waals surface area (Å²) in [5.74, 6) is -0.541. The quantitative estimate of drug-likeness (QED) is 0.782. The van der Waals surface area contributed by atoms with E-state index in [2.05, 4.69) is 0 Å². The highest BCUT2D eigenvalue weighted by Crippen LogP contribution is 2.17. The summed E-state index contributed by atoms with van der Waals surface area (Å²) in [6.07, 6.45) is -8.69. The summed E-state index contributed by atoms with van der Waals surface area (Å²) in [5.41, 5.74) is 0. The highest BCUT2D eigenvalue weighted by molar-refractivity contribution is 5.78. The molecule has 1 N–H and O–H groups in total. The van der Waals surface area contributed by atoms with Crippen LogP contribution in [-0.2, 0) is 4.79 Å². The van der Waals surface area contributed by atoms with Crippen molar-refractivity contribution in [1.29, 1.82) is 0 Å². The lowest BCUT2D eigenvalue weighted by atomic mass is 10.3. The van der Waals surface area contributed by atoms with Crippen molar-refractivity contribution in [2.45, 2.75) is 12.4 Å². The summed E-state index contributed by atoms with van der Waals surface area (Å²) in [6, 6.07) is 0. The first-order valence-electron chi connectivity index (χ1n) is 5.91. The lowest BCUT2D eigenvalue weighted by Crippen LogP contribution is -2.52. The van der Waals surface area contributed by atoms with Crippen LogP contribution < -0.4 is 5.32 Å². The number of hydrogen-bond acceptors (Lipinski definition) is 3. The number of carbonyl (C=O) groups excluding carboxylic acids is 1. The van der Waals surface area contributed by atoms with E-state index < -0.39 is 37.9 Å². The van der Waals surface area contributed by atoms with Gasteiger partial charge < -0.3 is 10.2 Å². The summed E-state index contributed by atoms with van der Waals surface area (Å²) in [5, 5.41) is 1.96. The molecule has 0 aromatic rings. The normalized spacial score (nSPS) is 18.4. The van der Waals surface area contributed by atoms with E-state index >= 15 is 0 Å². The Morgan fingerprint density at radius 1 is 0.950 bits per heavy atom. The molecule has 0 aromatic heterocycles. The average molecular weight is 307 g/mol. The van der Waals surface area contributed by atoms with Gasteiger partial charge in [0.2, 0.25) is 5.91 Å². The van der Waals surface area contributed by atoms with Gasteiger partial charge in [-0.25, -0.2) is 0 Å². The van der Waals surface area contributed by atoms with Crippen molar-refractivity contribution >= 4 is 5.91 Å². The average Bonchev–Trinajstić information content (AvgIpc) is 2.25. The molecule has 118 valence electrons. The van der Waals surface area contributed by atoms with E-state index in [1.54, 1.807) is 0 Å². The highest BCUT2D eigenvalue weighted by Gasteiger charge is 2.33. The molecule has 1 aliphatic heterocycles. The first-order valence-corrected chi connectivity index (χ1v) is 5.91. The molecule has 0 aromatic carbocycles. The summed E-state index contributed by atoms with van der Waals surface area (Å²) < 4.78 is 72.0. The molecular weight excluding hydrogens is 292 g/mol. The number of piperazine rings is 1. The third-order valence-corrected chi connectivity index (χ3v) is 2.73. The molecule has 0 aliphatic carbocycles. The lowest BCUT2D eigenvalue weighted by molar-refractivity contribution is -0.151. The Morgan fingerprint density at radius 3 is 1.95 bits per heavy atom. The monoisotopic (exact) mass is 307 g/mol. The topological polar surface area (TPSA) is 35.6 Å². The van der Waals surface area contributed by atoms with Gasteiger partial charge in [0.15, 0.2) is 0 Å². The zero-order valence-corrected chi connectivity index (χ0v) is 10.5. The van der Waals surface area contributed by atoms with Crippen LogP contribution in [0.5, 0.6) is 0 Å². The van der Waals surface area contributed by atoms with Crippen molar-refractivity contribution in [3.8, 4) is 0 Å². The molecule has 1 heterocycles. The molecule has 1 fully saturated rings. The summed E-state index contributed by atoms with van der Waals surface area (Å²) >= 11 is 0. The van der Waals surface area contributed by atoms with E-state index in [-0.39, 0.29) is 26.2 Å². The fourth-order valence-corrected chi connectivity index (χ4v) is 1.83. The van der Waals surface area contributed by atoms with E-state index in [0.29, 0.717) is 0 Å². The summed E-state index contributed by atoms with van der Waals surface area (Å²) in [7, 11) is 0. The molecule has 10 heteroatoms. The predicted molar refractivity (Wildman–Crippen MR) is 58.0 cm³/mol. The molecular formula is C10H15F6N3O. The zero-order valence-electron chi connectivity index (χ0n) is 10.5. The van der Waals surface area contributed by atoms with Crippen molar-refractivity contribution in [1.82, 2.24) is 15.1 Å². The zero-order chi connectivity index (χ0) is 15.4. The fourth-order valence-electron chi connectivity index (χ4n) is 1.83. The predicted octanol–water partition coefficient (Wildman–Crippen LogP) is 0.845. The molecule has 1 amide bonds. The molecule has 0 unspecified atom stereocenters. The molecule has 1 aliphatic rings. The Hall–Kier alpha value is -1.03. The fraction of sp³-hybridized carbons (Fsp3) is 0.900. The van der Waals surface area contributed by atoms with Gasteiger partial charge in [0.1, 0.15) is 0 Å². The second-order valence-electron chi connectivity index (χ2n) is 4.49. The third-order valence-electron chi connectivity index (χ3n) is 2.73. The molecule has 0 atom stereocenters. The first-order chi connectivity index (χ1) is 9.07. The largest absolute Gasteiger partial charge is 0.401 e. The second-order valence-corrected chi connectivity index (χ2v) is 4.49. The van der Waals surface area contributed by atoms with Crippen LogP contribution in [0, 0.1) is 0 Å². The van der Waals surface area contributed by atoms with Gasteiger partial charge in [-0.3, -0.25) is 9.69 Å². The molecule has 1 rings (SSSR count). The van der Waals surface area contributed by atoms with Crippen LogP contribution in [0.2, 0.25) is 0 Å². The van der Waals surface area contributed by atoms with Crippen molar-refractivity contribution in [2.75, 3.05) is 45.8 Å². The Balaban J connectivity index is 2.25. The van der Waals surface area contributed by atoms with Crippen LogP contribution in [0.1, 0.15) is 0 Å². The summed E-state index contributed by atoms with van der Waals surface area (Å²) in [6.45, 7) is -2.49. The molecule has 0 radical (unpaired) electrons. The number of rotatable bonds is 4. The van der Waals surface area contributed by atoms with E-state index in [9.17, 15) is 31.1 Å². The number of halogens is 6. The number of nitrogens with zero attached hydrogens (tertiary/aromatic N) is 2. The van der Waals surface area contributed by atoms with Crippen LogP contribution in [0.25, 0.3) is 0 Å². The number of alkyl halides is 6. The van der Waals surface area contributed by atoms with E-state index in [0.717, 1.165) is 4.90 Å². The van der Waals surface area contributed by atoms with Crippen LogP contribution in [0.3, 0.4) is 0 Å². The Kier molecular flexibility index (Phi) is 5.63. The van der Waals surface area contributed by atoms with Crippen molar-refractivity contribution in [3.05, 3.63) is 0 Å². The van der Waals surface area contributed by atoms with Crippen molar-refractivity contribution < 1.29 is 31.1 Å². The number of nitrogens with one attached hydrogen (secondary N) is 1. The van der Waals surface area contributed by atoms with Gasteiger partial charge in [-0.05, 0) is 0 Å². The Bertz CT molecular complexity index is 322. The van der Waals surface area contributed by atoms with Gasteiger partial charge in [0, 0.05) is 26.2 Å². The Labute approximate surface area is 111 Å². The van der Waals surface area contributed by atoms with E-state index in [4.69, 9.17) is 0 Å². The summed E-state index contributed by atoms with van der Waals surface area (Å²) in [4.78, 5) is 14.0. The maximum Gasteiger partial charge on any atom is 0.401 e. The molecule has 0 spiro atoms. The van der Waals surface area contributed by atoms with Gasteiger partial charge in [0.05, 0.1) is 19.6 Å². The Morgan fingerprint density at radius 2 is 1.50 bits per heavy atom. The number of carbonyl (C=O) groups is 1. The van der Waals surface area contributed by atoms with Crippen molar-refractivity contribution in [2.24, 2.45) is 0 Å². The van der Waals surface area contributed by atoms with Gasteiger partial charge in [-0.15, -0.1) is 0 Å². The minimum atomic E-state index is -4.40. The second kappa shape index (κ2) is 6.61. The smallest absolute Gasteiger partial charge is 0.339 e.